The Morgan fingerprint density at radius 2 is 2.08 bits per heavy atom. The molecule has 2 atom stereocenters. The van der Waals surface area contributed by atoms with Gasteiger partial charge in [-0.3, -0.25) is 10.1 Å². The molecule has 0 radical (unpaired) electrons. The van der Waals surface area contributed by atoms with Gasteiger partial charge in [0.2, 0.25) is 0 Å². The van der Waals surface area contributed by atoms with E-state index < -0.39 is 12.0 Å². The Morgan fingerprint density at radius 1 is 1.27 bits per heavy atom. The van der Waals surface area contributed by atoms with Crippen LogP contribution in [-0.2, 0) is 11.3 Å². The van der Waals surface area contributed by atoms with Gasteiger partial charge in [-0.25, -0.2) is 0 Å². The Bertz CT molecular complexity index is 989. The molecule has 0 saturated carbocycles. The van der Waals surface area contributed by atoms with Gasteiger partial charge in [0, 0.05) is 45.0 Å². The predicted octanol–water partition coefficient (Wildman–Crippen LogP) is 4.78. The van der Waals surface area contributed by atoms with Crippen molar-refractivity contribution in [2.24, 2.45) is 0 Å². The van der Waals surface area contributed by atoms with Crippen LogP contribution in [0, 0.1) is 0 Å². The molecule has 26 heavy (non-hydrogen) atoms. The van der Waals surface area contributed by atoms with E-state index in [0.29, 0.717) is 22.3 Å². The molecule has 0 bridgehead atoms. The van der Waals surface area contributed by atoms with E-state index >= 15 is 0 Å². The van der Waals surface area contributed by atoms with E-state index in [4.69, 9.17) is 23.2 Å². The maximum absolute atomic E-state index is 11.2. The quantitative estimate of drug-likeness (QED) is 0.654. The van der Waals surface area contributed by atoms with Gasteiger partial charge in [-0.15, -0.1) is 11.8 Å². The summed E-state index contributed by atoms with van der Waals surface area (Å²) < 4.78 is 2.15. The molecular weight excluding hydrogens is 391 g/mol. The molecule has 2 aromatic carbocycles. The first-order chi connectivity index (χ1) is 12.5. The topological polar surface area (TPSA) is 54.3 Å². The van der Waals surface area contributed by atoms with Crippen LogP contribution in [0.2, 0.25) is 10.0 Å². The number of halogens is 2. The van der Waals surface area contributed by atoms with Crippen LogP contribution < -0.4 is 5.32 Å². The van der Waals surface area contributed by atoms with Crippen molar-refractivity contribution in [3.8, 4) is 0 Å². The molecule has 7 heteroatoms. The summed E-state index contributed by atoms with van der Waals surface area (Å²) in [5.74, 6) is -0.251. The molecular formula is C19H16Cl2N2O2S. The number of para-hydroxylation sites is 1. The molecule has 4 nitrogen and oxygen atoms in total. The summed E-state index contributed by atoms with van der Waals surface area (Å²) in [6.07, 6.45) is 2.09. The van der Waals surface area contributed by atoms with Crippen LogP contribution in [0.15, 0.2) is 48.7 Å². The van der Waals surface area contributed by atoms with Crippen molar-refractivity contribution in [2.45, 2.75) is 18.0 Å². The summed E-state index contributed by atoms with van der Waals surface area (Å²) in [6, 6.07) is 13.1. The summed E-state index contributed by atoms with van der Waals surface area (Å²) in [6.45, 7) is 0.621. The second kappa shape index (κ2) is 7.16. The number of fused-ring (bicyclic) bond motifs is 1. The van der Waals surface area contributed by atoms with Crippen molar-refractivity contribution in [1.29, 1.82) is 0 Å². The fourth-order valence-electron chi connectivity index (χ4n) is 3.24. The number of aromatic nitrogens is 1. The minimum atomic E-state index is -0.809. The first kappa shape index (κ1) is 17.7. The highest BCUT2D eigenvalue weighted by Gasteiger charge is 2.32. The summed E-state index contributed by atoms with van der Waals surface area (Å²) in [4.78, 5) is 11.2. The number of benzene rings is 2. The summed E-state index contributed by atoms with van der Waals surface area (Å²) in [5.41, 5.74) is 3.17. The van der Waals surface area contributed by atoms with Crippen LogP contribution in [0.1, 0.15) is 16.5 Å². The lowest BCUT2D eigenvalue weighted by Gasteiger charge is -2.10. The highest BCUT2D eigenvalue weighted by molar-refractivity contribution is 7.99. The number of rotatable bonds is 4. The van der Waals surface area contributed by atoms with Gasteiger partial charge in [-0.2, -0.15) is 0 Å². The minimum Gasteiger partial charge on any atom is -0.480 e. The molecule has 0 unspecified atom stereocenters. The second-order valence-corrected chi connectivity index (χ2v) is 8.22. The first-order valence-electron chi connectivity index (χ1n) is 8.15. The predicted molar refractivity (Wildman–Crippen MR) is 107 cm³/mol. The number of hydrogen-bond donors (Lipinski definition) is 2. The summed E-state index contributed by atoms with van der Waals surface area (Å²) in [5, 5.41) is 14.8. The van der Waals surface area contributed by atoms with E-state index in [1.165, 1.54) is 0 Å². The van der Waals surface area contributed by atoms with Gasteiger partial charge in [0.1, 0.15) is 6.04 Å². The van der Waals surface area contributed by atoms with E-state index in [1.54, 1.807) is 17.8 Å². The fourth-order valence-corrected chi connectivity index (χ4v) is 4.96. The Balaban J connectivity index is 1.71. The van der Waals surface area contributed by atoms with Gasteiger partial charge < -0.3 is 9.67 Å². The van der Waals surface area contributed by atoms with Crippen LogP contribution in [0.5, 0.6) is 0 Å². The average Bonchev–Trinajstić information content (AvgIpc) is 3.23. The monoisotopic (exact) mass is 406 g/mol. The molecule has 1 aliphatic rings. The van der Waals surface area contributed by atoms with Gasteiger partial charge in [0.15, 0.2) is 0 Å². The zero-order chi connectivity index (χ0) is 18.3. The van der Waals surface area contributed by atoms with Crippen molar-refractivity contribution < 1.29 is 9.90 Å². The Morgan fingerprint density at radius 3 is 2.81 bits per heavy atom. The Labute approximate surface area is 165 Å². The van der Waals surface area contributed by atoms with Crippen LogP contribution in [0.3, 0.4) is 0 Å². The normalized spacial score (nSPS) is 19.9. The standard InChI is InChI=1S/C19H16Cl2N2O2S/c20-12-6-5-11(15(21)7-12)8-23-9-14(13-3-1-2-4-17(13)23)18-22-16(10-26-18)19(24)25/h1-7,9,16,18,22H,8,10H2,(H,24,25)/t16-,18-/m1/s1. The molecule has 2 heterocycles. The number of hydrogen-bond acceptors (Lipinski definition) is 3. The lowest BCUT2D eigenvalue weighted by atomic mass is 10.1. The van der Waals surface area contributed by atoms with E-state index in [9.17, 15) is 9.90 Å². The molecule has 1 aliphatic heterocycles. The van der Waals surface area contributed by atoms with Gasteiger partial charge >= 0.3 is 5.97 Å². The third-order valence-electron chi connectivity index (χ3n) is 4.54. The van der Waals surface area contributed by atoms with Crippen LogP contribution in [0.4, 0.5) is 0 Å². The lowest BCUT2D eigenvalue weighted by Crippen LogP contribution is -2.33. The summed E-state index contributed by atoms with van der Waals surface area (Å²) >= 11 is 14.0. The van der Waals surface area contributed by atoms with Crippen LogP contribution in [-0.4, -0.2) is 27.4 Å². The van der Waals surface area contributed by atoms with E-state index in [0.717, 1.165) is 22.0 Å². The SMILES string of the molecule is O=C(O)[C@H]1CS[C@H](c2cn(Cc3ccc(Cl)cc3Cl)c3ccccc23)N1. The molecule has 0 spiro atoms. The largest absolute Gasteiger partial charge is 0.480 e. The Kier molecular flexibility index (Phi) is 4.88. The van der Waals surface area contributed by atoms with Crippen LogP contribution in [0.25, 0.3) is 10.9 Å². The van der Waals surface area contributed by atoms with E-state index in [1.807, 2.05) is 24.3 Å². The minimum absolute atomic E-state index is 0.0389. The fraction of sp³-hybridized carbons (Fsp3) is 0.211. The van der Waals surface area contributed by atoms with Crippen LogP contribution >= 0.6 is 35.0 Å². The van der Waals surface area contributed by atoms with E-state index in [-0.39, 0.29) is 5.37 Å². The third-order valence-corrected chi connectivity index (χ3v) is 6.37. The average molecular weight is 407 g/mol. The summed E-state index contributed by atoms with van der Waals surface area (Å²) in [7, 11) is 0. The van der Waals surface area contributed by atoms with E-state index in [2.05, 4.69) is 28.2 Å². The molecule has 0 aliphatic carbocycles. The van der Waals surface area contributed by atoms with Gasteiger partial charge in [0.05, 0.1) is 5.37 Å². The number of carbonyl (C=O) groups is 1. The molecule has 2 N–H and O–H groups in total. The zero-order valence-corrected chi connectivity index (χ0v) is 16.0. The molecule has 0 amide bonds. The molecule has 4 rings (SSSR count). The van der Waals surface area contributed by atoms with Crippen molar-refractivity contribution in [1.82, 2.24) is 9.88 Å². The Hall–Kier alpha value is -1.66. The molecule has 1 saturated heterocycles. The zero-order valence-electron chi connectivity index (χ0n) is 13.7. The number of carboxylic acids is 1. The number of nitrogens with zero attached hydrogens (tertiary/aromatic N) is 1. The number of aliphatic carboxylic acids is 1. The van der Waals surface area contributed by atoms with Gasteiger partial charge in [-0.05, 0) is 23.8 Å². The first-order valence-corrected chi connectivity index (χ1v) is 9.95. The van der Waals surface area contributed by atoms with Gasteiger partial charge in [-0.1, -0.05) is 47.5 Å². The molecule has 134 valence electrons. The van der Waals surface area contributed by atoms with Crippen molar-refractivity contribution >= 4 is 51.8 Å². The maximum Gasteiger partial charge on any atom is 0.321 e. The lowest BCUT2D eigenvalue weighted by molar-refractivity contribution is -0.138. The molecule has 3 aromatic rings. The molecule has 1 aromatic heterocycles. The number of nitrogens with one attached hydrogen (secondary N) is 1. The maximum atomic E-state index is 11.2. The van der Waals surface area contributed by atoms with Crippen molar-refractivity contribution in [3.05, 3.63) is 69.8 Å². The highest BCUT2D eigenvalue weighted by Crippen LogP contribution is 2.38. The smallest absolute Gasteiger partial charge is 0.321 e. The number of carboxylic acid groups (broad SMARTS) is 1. The van der Waals surface area contributed by atoms with Gasteiger partial charge in [0.25, 0.3) is 0 Å². The second-order valence-electron chi connectivity index (χ2n) is 6.24. The molecule has 1 fully saturated rings. The third kappa shape index (κ3) is 3.32. The van der Waals surface area contributed by atoms with Crippen molar-refractivity contribution in [3.63, 3.8) is 0 Å². The van der Waals surface area contributed by atoms with Crippen molar-refractivity contribution in [2.75, 3.05) is 5.75 Å². The number of thioether (sulfide) groups is 1. The highest BCUT2D eigenvalue weighted by atomic mass is 35.5.